The van der Waals surface area contributed by atoms with Gasteiger partial charge in [-0.15, -0.1) is 0 Å². The van der Waals surface area contributed by atoms with Crippen LogP contribution in [0, 0.1) is 0 Å². The summed E-state index contributed by atoms with van der Waals surface area (Å²) in [5.74, 6) is 0.249. The lowest BCUT2D eigenvalue weighted by atomic mass is 9.73. The summed E-state index contributed by atoms with van der Waals surface area (Å²) in [5.41, 5.74) is 40.1. The topological polar surface area (TPSA) is 95.2 Å². The fourth-order valence-corrected chi connectivity index (χ4v) is 23.1. The predicted molar refractivity (Wildman–Crippen MR) is 538 cm³/mol. The largest absolute Gasteiger partial charge is 0.309 e. The Balaban J connectivity index is 0.000000104. The van der Waals surface area contributed by atoms with Gasteiger partial charge in [0.1, 0.15) is 0 Å². The van der Waals surface area contributed by atoms with Crippen molar-refractivity contribution >= 4 is 109 Å². The van der Waals surface area contributed by atoms with E-state index >= 15 is 0 Å². The molecule has 0 amide bonds. The number of aromatic nitrogens is 8. The van der Waals surface area contributed by atoms with Crippen LogP contribution in [0.1, 0.15) is 103 Å². The van der Waals surface area contributed by atoms with E-state index in [0.29, 0.717) is 0 Å². The van der Waals surface area contributed by atoms with Gasteiger partial charge in [-0.05, 0) is 313 Å². The number of pyridine rings is 7. The van der Waals surface area contributed by atoms with Gasteiger partial charge in [-0.2, -0.15) is 0 Å². The zero-order valence-corrected chi connectivity index (χ0v) is 72.7. The van der Waals surface area contributed by atoms with Crippen molar-refractivity contribution in [1.29, 1.82) is 0 Å². The van der Waals surface area contributed by atoms with Crippen molar-refractivity contribution in [3.8, 4) is 106 Å². The van der Waals surface area contributed by atoms with Crippen molar-refractivity contribution in [1.82, 2.24) is 39.5 Å². The summed E-state index contributed by atoms with van der Waals surface area (Å²) in [6, 6.07) is 107. The lowest BCUT2D eigenvalue weighted by Gasteiger charge is -2.30. The molecule has 0 N–H and O–H groups in total. The van der Waals surface area contributed by atoms with Crippen LogP contribution in [-0.2, 0) is 22.7 Å². The molecule has 130 heavy (non-hydrogen) atoms. The van der Waals surface area contributed by atoms with Gasteiger partial charge in [0.05, 0.1) is 22.4 Å². The number of nitrogens with zero attached hydrogens (tertiary/aromatic N) is 8. The Kier molecular flexibility index (Phi) is 16.5. The number of hydrogen-bond acceptors (Lipinski definition) is 7. The lowest BCUT2D eigenvalue weighted by molar-refractivity contribution is 0.660. The van der Waals surface area contributed by atoms with Gasteiger partial charge < -0.3 is 4.57 Å². The first-order valence-electron chi connectivity index (χ1n) is 45.1. The SMILES string of the molecule is CC1(C)c2cc(-c3ccc(-c4cccnc4)nc3)ccc2-c2c1cc1ccc3c(-c4ccc(-c5cccnc5)nc4)ccc4ccc2c1c43.CC1(C)c2cc(-c3cccnc3)ccc2-c2c1cc1c3c4c(ccc23)C=CC(c2cccnc2)C4=CC1.CC1(C)c2cc3c(cc2-c2c1cc1ccc4c(-c5cccnc5)ccc5ccc2c1c54)c1ccccc1n3-c1ccccc1. The summed E-state index contributed by atoms with van der Waals surface area (Å²) < 4.78 is 2.43. The van der Waals surface area contributed by atoms with Crippen LogP contribution in [0.2, 0.25) is 0 Å². The smallest absolute Gasteiger partial charge is 0.0717 e. The summed E-state index contributed by atoms with van der Waals surface area (Å²) in [6.07, 6.45) is 30.8. The van der Waals surface area contributed by atoms with E-state index in [1.807, 2.05) is 104 Å². The average molecular weight is 1660 g/mol. The molecule has 15 aromatic carbocycles. The molecule has 8 heterocycles. The van der Waals surface area contributed by atoms with Crippen LogP contribution in [-0.4, -0.2) is 39.5 Å². The zero-order valence-electron chi connectivity index (χ0n) is 72.7. The highest BCUT2D eigenvalue weighted by molar-refractivity contribution is 6.31. The molecule has 5 aliphatic carbocycles. The van der Waals surface area contributed by atoms with Crippen LogP contribution in [0.25, 0.3) is 215 Å². The van der Waals surface area contributed by atoms with Crippen LogP contribution in [0.3, 0.4) is 0 Å². The summed E-state index contributed by atoms with van der Waals surface area (Å²) in [4.78, 5) is 31.3. The quantitative estimate of drug-likeness (QED) is 0.140. The van der Waals surface area contributed by atoms with E-state index in [-0.39, 0.29) is 22.2 Å². The third-order valence-electron chi connectivity index (χ3n) is 29.4. The maximum atomic E-state index is 4.82. The minimum atomic E-state index is -0.152. The molecule has 612 valence electrons. The molecule has 8 heteroatoms. The van der Waals surface area contributed by atoms with E-state index < -0.39 is 0 Å². The molecule has 28 rings (SSSR count). The van der Waals surface area contributed by atoms with Crippen molar-refractivity contribution in [3.63, 3.8) is 0 Å². The first kappa shape index (κ1) is 75.3. The van der Waals surface area contributed by atoms with Gasteiger partial charge in [0.2, 0.25) is 0 Å². The van der Waals surface area contributed by atoms with Crippen molar-refractivity contribution in [2.45, 2.75) is 70.1 Å². The van der Waals surface area contributed by atoms with Crippen LogP contribution in [0.4, 0.5) is 0 Å². The van der Waals surface area contributed by atoms with Crippen molar-refractivity contribution < 1.29 is 0 Å². The van der Waals surface area contributed by atoms with E-state index in [4.69, 9.17) is 9.97 Å². The first-order chi connectivity index (χ1) is 63.7. The molecule has 8 aromatic heterocycles. The molecule has 0 saturated carbocycles. The van der Waals surface area contributed by atoms with Gasteiger partial charge in [-0.3, -0.25) is 34.9 Å². The van der Waals surface area contributed by atoms with E-state index in [1.165, 1.54) is 220 Å². The Bertz CT molecular complexity index is 8720. The van der Waals surface area contributed by atoms with Gasteiger partial charge in [0.25, 0.3) is 0 Å². The number of benzene rings is 15. The Morgan fingerprint density at radius 3 is 1.30 bits per heavy atom. The maximum absolute atomic E-state index is 4.82. The van der Waals surface area contributed by atoms with Crippen molar-refractivity contribution in [3.05, 3.63) is 433 Å². The highest BCUT2D eigenvalue weighted by Gasteiger charge is 2.43. The normalized spacial score (nSPS) is 14.8. The van der Waals surface area contributed by atoms with Gasteiger partial charge >= 0.3 is 0 Å². The Labute approximate surface area is 752 Å². The molecule has 1 unspecified atom stereocenters. The molecule has 0 spiro atoms. The second kappa shape index (κ2) is 28.5. The summed E-state index contributed by atoms with van der Waals surface area (Å²) in [6.45, 7) is 14.3. The van der Waals surface area contributed by atoms with Crippen LogP contribution >= 0.6 is 0 Å². The molecule has 0 bridgehead atoms. The lowest BCUT2D eigenvalue weighted by Crippen LogP contribution is -2.16. The number of hydrogen-bond donors (Lipinski definition) is 0. The van der Waals surface area contributed by atoms with Crippen LogP contribution < -0.4 is 0 Å². The van der Waals surface area contributed by atoms with Gasteiger partial charge in [0, 0.05) is 141 Å². The highest BCUT2D eigenvalue weighted by Crippen LogP contribution is 2.60. The van der Waals surface area contributed by atoms with E-state index in [0.717, 1.165) is 51.2 Å². The fourth-order valence-electron chi connectivity index (χ4n) is 23.1. The maximum Gasteiger partial charge on any atom is 0.0717 e. The fraction of sp³-hybridized carbons (Fsp3) is 0.0902. The van der Waals surface area contributed by atoms with Crippen LogP contribution in [0.15, 0.2) is 378 Å². The number of fused-ring (bicyclic) bond motifs is 15. The zero-order chi connectivity index (χ0) is 86.6. The molecular weight excluding hydrogens is 1580 g/mol. The average Bonchev–Trinajstić information content (AvgIpc) is 1.52. The second-order valence-electron chi connectivity index (χ2n) is 37.4. The Morgan fingerprint density at radius 2 is 0.738 bits per heavy atom. The van der Waals surface area contributed by atoms with Gasteiger partial charge in [-0.25, -0.2) is 0 Å². The predicted octanol–water partition coefficient (Wildman–Crippen LogP) is 30.5. The standard InChI is InChI=1S/C45H30N4.C42H28N2.C35H26N2/c1-45(2)38-21-28(30-11-17-40(48-25-30)32-5-3-19-46-23-32)9-15-36(38)44-37-16-8-27-7-13-34(35-14-10-29(22-39(44)45)43(37)42(27)35)31-12-18-41(49-26-31)33-6-4-20-47-24-33;1-42(2)35-23-38-33(30-12-6-7-13-37(30)44(38)28-10-4-3-5-11-28)22-34(35)41-32-19-15-25-14-17-29(27-9-8-20-43-24-27)31-18-16-26(21-36(41)42)40(32)39(25)31;1-35(2)30-17-22(24-5-3-15-36-19-24)9-13-28(30)34-29-14-8-21-7-11-26(25-6-4-16-37-20-25)27-12-10-23(18-31(34)35)33(29)32(21)27/h3-26H,1-2H3;3-24H,1-2H3;3-9,11-20,26H,10H2,1-2H3. The van der Waals surface area contributed by atoms with E-state index in [2.05, 4.69) is 338 Å². The molecule has 1 atom stereocenters. The molecule has 5 aliphatic rings. The van der Waals surface area contributed by atoms with E-state index in [9.17, 15) is 0 Å². The van der Waals surface area contributed by atoms with Crippen LogP contribution in [0.5, 0.6) is 0 Å². The Hall–Kier alpha value is -16.0. The molecule has 0 radical (unpaired) electrons. The molecule has 0 saturated heterocycles. The third-order valence-corrected chi connectivity index (χ3v) is 29.4. The van der Waals surface area contributed by atoms with Crippen molar-refractivity contribution in [2.75, 3.05) is 0 Å². The minimum Gasteiger partial charge on any atom is -0.309 e. The molecule has 0 aliphatic heterocycles. The second-order valence-corrected chi connectivity index (χ2v) is 37.4. The third kappa shape index (κ3) is 11.3. The molecule has 23 aromatic rings. The summed E-state index contributed by atoms with van der Waals surface area (Å²) in [7, 11) is 0. The number of allylic oxidation sites excluding steroid dienone is 3. The molecule has 8 nitrogen and oxygen atoms in total. The summed E-state index contributed by atoms with van der Waals surface area (Å²) in [5, 5.41) is 21.1. The highest BCUT2D eigenvalue weighted by atomic mass is 15.0. The molecule has 0 fully saturated rings. The first-order valence-corrected chi connectivity index (χ1v) is 45.1. The van der Waals surface area contributed by atoms with E-state index in [1.54, 1.807) is 12.4 Å². The van der Waals surface area contributed by atoms with Gasteiger partial charge in [-0.1, -0.05) is 242 Å². The molecular formula is C122H84N8. The van der Waals surface area contributed by atoms with Crippen molar-refractivity contribution in [2.24, 2.45) is 0 Å². The summed E-state index contributed by atoms with van der Waals surface area (Å²) >= 11 is 0. The Morgan fingerprint density at radius 1 is 0.285 bits per heavy atom. The number of rotatable bonds is 8. The minimum absolute atomic E-state index is 0.0639. The van der Waals surface area contributed by atoms with Gasteiger partial charge in [0.15, 0.2) is 0 Å². The number of para-hydroxylation sites is 2. The monoisotopic (exact) mass is 1660 g/mol.